The lowest BCUT2D eigenvalue weighted by atomic mass is 10.1. The van der Waals surface area contributed by atoms with Gasteiger partial charge in [0.2, 0.25) is 0 Å². The topological polar surface area (TPSA) is 32.3 Å². The Morgan fingerprint density at radius 3 is 2.45 bits per heavy atom. The number of aliphatic hydroxyl groups excluding tert-OH is 1. The SMILES string of the molecule is OC(CNCc1ccccc1)c1cc(Cl)cc(Cl)c1Cl. The van der Waals surface area contributed by atoms with Crippen LogP contribution in [0.3, 0.4) is 0 Å². The third kappa shape index (κ3) is 4.11. The van der Waals surface area contributed by atoms with Crippen molar-refractivity contribution in [3.05, 3.63) is 68.7 Å². The Hall–Kier alpha value is -0.770. The van der Waals surface area contributed by atoms with E-state index in [1.807, 2.05) is 30.3 Å². The van der Waals surface area contributed by atoms with Gasteiger partial charge in [-0.2, -0.15) is 0 Å². The Kier molecular flexibility index (Phi) is 5.70. The van der Waals surface area contributed by atoms with Gasteiger partial charge in [0.05, 0.1) is 16.1 Å². The quantitative estimate of drug-likeness (QED) is 0.793. The Morgan fingerprint density at radius 2 is 1.75 bits per heavy atom. The van der Waals surface area contributed by atoms with Gasteiger partial charge in [0, 0.05) is 23.7 Å². The molecule has 2 aromatic carbocycles. The van der Waals surface area contributed by atoms with Gasteiger partial charge in [-0.15, -0.1) is 0 Å². The summed E-state index contributed by atoms with van der Waals surface area (Å²) in [6.45, 7) is 1.04. The summed E-state index contributed by atoms with van der Waals surface area (Å²) in [4.78, 5) is 0. The van der Waals surface area contributed by atoms with E-state index >= 15 is 0 Å². The standard InChI is InChI=1S/C15H14Cl3NO/c16-11-6-12(15(18)13(17)7-11)14(20)9-19-8-10-4-2-1-3-5-10/h1-7,14,19-20H,8-9H2. The summed E-state index contributed by atoms with van der Waals surface area (Å²) in [6, 6.07) is 13.1. The van der Waals surface area contributed by atoms with Crippen LogP contribution < -0.4 is 5.32 Å². The summed E-state index contributed by atoms with van der Waals surface area (Å²) in [7, 11) is 0. The van der Waals surface area contributed by atoms with Crippen LogP contribution in [0, 0.1) is 0 Å². The zero-order chi connectivity index (χ0) is 14.5. The number of rotatable bonds is 5. The molecule has 0 bridgehead atoms. The first kappa shape index (κ1) is 15.6. The van der Waals surface area contributed by atoms with Crippen LogP contribution in [0.2, 0.25) is 15.1 Å². The first-order chi connectivity index (χ1) is 9.58. The Balaban J connectivity index is 1.97. The van der Waals surface area contributed by atoms with Crippen molar-refractivity contribution in [2.24, 2.45) is 0 Å². The van der Waals surface area contributed by atoms with Crippen molar-refractivity contribution < 1.29 is 5.11 Å². The lowest BCUT2D eigenvalue weighted by Gasteiger charge is -2.15. The highest BCUT2D eigenvalue weighted by molar-refractivity contribution is 6.43. The molecular weight excluding hydrogens is 317 g/mol. The molecule has 0 fully saturated rings. The molecule has 0 aliphatic heterocycles. The predicted molar refractivity (Wildman–Crippen MR) is 84.6 cm³/mol. The summed E-state index contributed by atoms with van der Waals surface area (Å²) in [5, 5.41) is 14.5. The van der Waals surface area contributed by atoms with E-state index in [2.05, 4.69) is 5.32 Å². The maximum atomic E-state index is 10.2. The fraction of sp³-hybridized carbons (Fsp3) is 0.200. The van der Waals surface area contributed by atoms with Crippen molar-refractivity contribution in [1.82, 2.24) is 5.32 Å². The van der Waals surface area contributed by atoms with Gasteiger partial charge < -0.3 is 10.4 Å². The second kappa shape index (κ2) is 7.30. The molecule has 0 amide bonds. The van der Waals surface area contributed by atoms with Crippen LogP contribution in [0.25, 0.3) is 0 Å². The number of hydrogen-bond acceptors (Lipinski definition) is 2. The molecule has 0 aliphatic carbocycles. The van der Waals surface area contributed by atoms with Crippen molar-refractivity contribution >= 4 is 34.8 Å². The number of hydrogen-bond donors (Lipinski definition) is 2. The van der Waals surface area contributed by atoms with Gasteiger partial charge in [0.1, 0.15) is 0 Å². The zero-order valence-electron chi connectivity index (χ0n) is 10.6. The molecule has 106 valence electrons. The van der Waals surface area contributed by atoms with E-state index in [9.17, 15) is 5.11 Å². The van der Waals surface area contributed by atoms with Crippen molar-refractivity contribution in [3.63, 3.8) is 0 Å². The van der Waals surface area contributed by atoms with Crippen LogP contribution in [0.15, 0.2) is 42.5 Å². The van der Waals surface area contributed by atoms with E-state index in [0.29, 0.717) is 33.7 Å². The van der Waals surface area contributed by atoms with Crippen LogP contribution in [0.4, 0.5) is 0 Å². The Bertz CT molecular complexity index is 575. The summed E-state index contributed by atoms with van der Waals surface area (Å²) in [5.41, 5.74) is 1.68. The summed E-state index contributed by atoms with van der Waals surface area (Å²) in [6.07, 6.45) is -0.762. The largest absolute Gasteiger partial charge is 0.387 e. The summed E-state index contributed by atoms with van der Waals surface area (Å²) < 4.78 is 0. The number of aliphatic hydroxyl groups is 1. The lowest BCUT2D eigenvalue weighted by Crippen LogP contribution is -2.21. The Morgan fingerprint density at radius 1 is 1.05 bits per heavy atom. The molecule has 0 aliphatic rings. The molecule has 2 nitrogen and oxygen atoms in total. The summed E-state index contributed by atoms with van der Waals surface area (Å²) >= 11 is 17.9. The van der Waals surface area contributed by atoms with Crippen LogP contribution in [-0.4, -0.2) is 11.7 Å². The normalized spacial score (nSPS) is 12.4. The smallest absolute Gasteiger partial charge is 0.0929 e. The fourth-order valence-electron chi connectivity index (χ4n) is 1.88. The first-order valence-corrected chi connectivity index (χ1v) is 7.28. The van der Waals surface area contributed by atoms with Crippen LogP contribution >= 0.6 is 34.8 Å². The lowest BCUT2D eigenvalue weighted by molar-refractivity contribution is 0.174. The number of benzene rings is 2. The zero-order valence-corrected chi connectivity index (χ0v) is 12.9. The molecular formula is C15H14Cl3NO. The van der Waals surface area contributed by atoms with Crippen LogP contribution in [-0.2, 0) is 6.54 Å². The van der Waals surface area contributed by atoms with Gasteiger partial charge in [0.15, 0.2) is 0 Å². The van der Waals surface area contributed by atoms with Crippen LogP contribution in [0.5, 0.6) is 0 Å². The minimum atomic E-state index is -0.762. The van der Waals surface area contributed by atoms with E-state index in [1.54, 1.807) is 12.1 Å². The molecule has 0 aromatic heterocycles. The second-order valence-electron chi connectivity index (χ2n) is 4.42. The molecule has 2 rings (SSSR count). The average molecular weight is 331 g/mol. The third-order valence-corrected chi connectivity index (χ3v) is 3.92. The molecule has 5 heteroatoms. The molecule has 1 atom stereocenters. The molecule has 0 saturated heterocycles. The van der Waals surface area contributed by atoms with Gasteiger partial charge in [0.25, 0.3) is 0 Å². The highest BCUT2D eigenvalue weighted by Gasteiger charge is 2.14. The minimum absolute atomic E-state index is 0.338. The maximum Gasteiger partial charge on any atom is 0.0929 e. The van der Waals surface area contributed by atoms with E-state index in [-0.39, 0.29) is 0 Å². The molecule has 20 heavy (non-hydrogen) atoms. The highest BCUT2D eigenvalue weighted by atomic mass is 35.5. The van der Waals surface area contributed by atoms with E-state index in [0.717, 1.165) is 5.56 Å². The van der Waals surface area contributed by atoms with Gasteiger partial charge in [-0.05, 0) is 17.7 Å². The van der Waals surface area contributed by atoms with Crippen molar-refractivity contribution in [3.8, 4) is 0 Å². The Labute approximate surface area is 133 Å². The molecule has 0 saturated carbocycles. The van der Waals surface area contributed by atoms with Crippen molar-refractivity contribution in [2.45, 2.75) is 12.6 Å². The minimum Gasteiger partial charge on any atom is -0.387 e. The molecule has 0 heterocycles. The van der Waals surface area contributed by atoms with Gasteiger partial charge in [-0.3, -0.25) is 0 Å². The van der Waals surface area contributed by atoms with Crippen molar-refractivity contribution in [1.29, 1.82) is 0 Å². The van der Waals surface area contributed by atoms with E-state index in [1.165, 1.54) is 0 Å². The fourth-order valence-corrected chi connectivity index (χ4v) is 2.62. The molecule has 2 aromatic rings. The number of nitrogens with one attached hydrogen (secondary N) is 1. The van der Waals surface area contributed by atoms with Gasteiger partial charge in [-0.25, -0.2) is 0 Å². The van der Waals surface area contributed by atoms with Crippen LogP contribution in [0.1, 0.15) is 17.2 Å². The summed E-state index contributed by atoms with van der Waals surface area (Å²) in [5.74, 6) is 0. The molecule has 2 N–H and O–H groups in total. The average Bonchev–Trinajstić information content (AvgIpc) is 2.44. The van der Waals surface area contributed by atoms with E-state index < -0.39 is 6.10 Å². The second-order valence-corrected chi connectivity index (χ2v) is 5.64. The molecule has 0 spiro atoms. The highest BCUT2D eigenvalue weighted by Crippen LogP contribution is 2.33. The first-order valence-electron chi connectivity index (χ1n) is 6.15. The maximum absolute atomic E-state index is 10.2. The van der Waals surface area contributed by atoms with Crippen molar-refractivity contribution in [2.75, 3.05) is 6.54 Å². The third-order valence-electron chi connectivity index (χ3n) is 2.89. The molecule has 1 unspecified atom stereocenters. The van der Waals surface area contributed by atoms with Gasteiger partial charge in [-0.1, -0.05) is 65.1 Å². The predicted octanol–water partition coefficient (Wildman–Crippen LogP) is 4.47. The number of halogens is 3. The van der Waals surface area contributed by atoms with Gasteiger partial charge >= 0.3 is 0 Å². The molecule has 0 radical (unpaired) electrons. The monoisotopic (exact) mass is 329 g/mol. The van der Waals surface area contributed by atoms with E-state index in [4.69, 9.17) is 34.8 Å².